The molecule has 2 aliphatic rings. The van der Waals surface area contributed by atoms with Crippen LogP contribution in [0.3, 0.4) is 0 Å². The Balaban J connectivity index is 1.40. The molecule has 0 unspecified atom stereocenters. The van der Waals surface area contributed by atoms with Crippen LogP contribution < -0.4 is 9.47 Å². The largest absolute Gasteiger partial charge is 0.490 e. The fraction of sp³-hybridized carbons (Fsp3) is 0.217. The van der Waals surface area contributed by atoms with Crippen molar-refractivity contribution in [3.8, 4) is 11.5 Å². The average molecular weight is 499 g/mol. The molecule has 0 radical (unpaired) electrons. The van der Waals surface area contributed by atoms with Crippen molar-refractivity contribution in [3.05, 3.63) is 64.7 Å². The van der Waals surface area contributed by atoms with E-state index in [2.05, 4.69) is 15.5 Å². The third-order valence-electron chi connectivity index (χ3n) is 4.83. The third-order valence-corrected chi connectivity index (χ3v) is 6.59. The van der Waals surface area contributed by atoms with Crippen LogP contribution in [0.1, 0.15) is 16.7 Å². The van der Waals surface area contributed by atoms with E-state index < -0.39 is 15.7 Å². The number of hydrogen-bond donors (Lipinski definition) is 1. The molecule has 176 valence electrons. The lowest BCUT2D eigenvalue weighted by molar-refractivity contribution is -0.114. The molecule has 0 spiro atoms. The number of sulfone groups is 1. The van der Waals surface area contributed by atoms with Crippen LogP contribution in [-0.2, 0) is 14.6 Å². The zero-order valence-electron chi connectivity index (χ0n) is 18.7. The molecule has 0 saturated carbocycles. The van der Waals surface area contributed by atoms with Crippen LogP contribution >= 0.6 is 11.9 Å². The Kier molecular flexibility index (Phi) is 6.58. The van der Waals surface area contributed by atoms with Gasteiger partial charge in [-0.3, -0.25) is 10.2 Å². The van der Waals surface area contributed by atoms with Gasteiger partial charge in [0.2, 0.25) is 20.2 Å². The Bertz CT molecular complexity index is 1340. The van der Waals surface area contributed by atoms with E-state index >= 15 is 0 Å². The molecular weight excluding hydrogens is 476 g/mol. The second kappa shape index (κ2) is 9.43. The minimum atomic E-state index is -3.69. The van der Waals surface area contributed by atoms with Gasteiger partial charge in [-0.05, 0) is 60.9 Å². The number of nitrogens with zero attached hydrogens (tertiary/aromatic N) is 3. The van der Waals surface area contributed by atoms with Crippen LogP contribution in [0, 0.1) is 19.3 Å². The van der Waals surface area contributed by atoms with E-state index in [1.807, 2.05) is 26.0 Å². The lowest BCUT2D eigenvalue weighted by Gasteiger charge is -2.23. The summed E-state index contributed by atoms with van der Waals surface area (Å²) < 4.78 is 39.2. The summed E-state index contributed by atoms with van der Waals surface area (Å²) in [4.78, 5) is 17.4. The van der Waals surface area contributed by atoms with Gasteiger partial charge in [0.05, 0.1) is 17.5 Å². The number of carbonyl (C=O) groups excluding carboxylic acids is 1. The van der Waals surface area contributed by atoms with Crippen LogP contribution in [0.2, 0.25) is 0 Å². The summed E-state index contributed by atoms with van der Waals surface area (Å²) in [7, 11) is -3.69. The van der Waals surface area contributed by atoms with E-state index in [0.29, 0.717) is 24.5 Å². The van der Waals surface area contributed by atoms with Gasteiger partial charge in [-0.25, -0.2) is 13.3 Å². The maximum absolute atomic E-state index is 12.4. The van der Waals surface area contributed by atoms with Crippen LogP contribution in [0.4, 0.5) is 0 Å². The molecule has 1 amide bonds. The molecule has 0 fully saturated rings. The molecule has 4 rings (SSSR count). The monoisotopic (exact) mass is 498 g/mol. The van der Waals surface area contributed by atoms with Crippen molar-refractivity contribution in [2.24, 2.45) is 9.39 Å². The zero-order chi connectivity index (χ0) is 24.5. The van der Waals surface area contributed by atoms with Gasteiger partial charge in [-0.2, -0.15) is 9.39 Å². The Morgan fingerprint density at radius 1 is 1.03 bits per heavy atom. The smallest absolute Gasteiger partial charge is 0.283 e. The third kappa shape index (κ3) is 5.20. The minimum absolute atomic E-state index is 0.0295. The highest BCUT2D eigenvalue weighted by Crippen LogP contribution is 2.29. The molecular formula is C23H22N4O5S2. The molecule has 0 saturated heterocycles. The summed E-state index contributed by atoms with van der Waals surface area (Å²) in [5.74, 6) is 0.513. The van der Waals surface area contributed by atoms with Gasteiger partial charge in [-0.1, -0.05) is 18.2 Å². The summed E-state index contributed by atoms with van der Waals surface area (Å²) in [5.41, 5.74) is 2.87. The molecule has 0 atom stereocenters. The summed E-state index contributed by atoms with van der Waals surface area (Å²) in [6.07, 6.45) is 2.48. The average Bonchev–Trinajstić information content (AvgIpc) is 3.19. The van der Waals surface area contributed by atoms with Gasteiger partial charge in [0, 0.05) is 6.26 Å². The number of benzene rings is 2. The summed E-state index contributed by atoms with van der Waals surface area (Å²) in [5, 5.41) is 8.12. The van der Waals surface area contributed by atoms with Crippen molar-refractivity contribution in [2.45, 2.75) is 13.8 Å². The first kappa shape index (κ1) is 23.7. The first-order valence-corrected chi connectivity index (χ1v) is 12.9. The molecule has 34 heavy (non-hydrogen) atoms. The predicted molar refractivity (Wildman–Crippen MR) is 133 cm³/mol. The Morgan fingerprint density at radius 2 is 1.65 bits per heavy atom. The van der Waals surface area contributed by atoms with Crippen LogP contribution in [0.15, 0.2) is 57.4 Å². The fourth-order valence-electron chi connectivity index (χ4n) is 3.40. The number of amides is 1. The molecule has 0 aliphatic carbocycles. The number of hydrogen-bond acceptors (Lipinski definition) is 8. The van der Waals surface area contributed by atoms with Gasteiger partial charge in [0.15, 0.2) is 0 Å². The first-order chi connectivity index (χ1) is 16.1. The second-order valence-corrected chi connectivity index (χ2v) is 10.4. The highest BCUT2D eigenvalue weighted by atomic mass is 32.2. The van der Waals surface area contributed by atoms with E-state index in [1.165, 1.54) is 6.08 Å². The van der Waals surface area contributed by atoms with Gasteiger partial charge in [0.25, 0.3) is 5.91 Å². The van der Waals surface area contributed by atoms with Crippen molar-refractivity contribution in [1.82, 2.24) is 4.90 Å². The number of nitrogens with one attached hydrogen (secondary N) is 1. The maximum atomic E-state index is 12.4. The zero-order valence-corrected chi connectivity index (χ0v) is 20.4. The normalized spacial score (nSPS) is 16.9. The summed E-state index contributed by atoms with van der Waals surface area (Å²) in [6.45, 7) is 4.78. The molecule has 0 aromatic heterocycles. The standard InChI is InChI=1S/C23H22N4O5S2/c1-14-10-15(2)12-18(11-14)32-9-8-31-17-6-4-16(5-7-17)13-19-20(24)27-22(25-21(19)28)33-26-23(27)34(3,29)30/h4-7,10-13,24H,8-9H2,1-3H3. The van der Waals surface area contributed by atoms with Crippen LogP contribution in [0.25, 0.3) is 6.08 Å². The molecule has 2 aromatic carbocycles. The number of aryl methyl sites for hydroxylation is 2. The van der Waals surface area contributed by atoms with Crippen LogP contribution in [0.5, 0.6) is 11.5 Å². The lowest BCUT2D eigenvalue weighted by atomic mass is 10.1. The quantitative estimate of drug-likeness (QED) is 0.368. The molecule has 9 nitrogen and oxygen atoms in total. The highest BCUT2D eigenvalue weighted by Gasteiger charge is 2.41. The van der Waals surface area contributed by atoms with Crippen LogP contribution in [-0.4, -0.2) is 54.9 Å². The Hall–Kier alpha value is -3.44. The Labute approximate surface area is 201 Å². The van der Waals surface area contributed by atoms with Gasteiger partial charge < -0.3 is 9.47 Å². The molecule has 1 N–H and O–H groups in total. The SMILES string of the molecule is Cc1cc(C)cc(OCCOc2ccc(C=C3C(=N)N4C(=NC3=O)SN=C4S(C)(=O)=O)cc2)c1. The number of ether oxygens (including phenoxy) is 2. The fourth-order valence-corrected chi connectivity index (χ4v) is 5.24. The van der Waals surface area contributed by atoms with Crippen molar-refractivity contribution < 1.29 is 22.7 Å². The van der Waals surface area contributed by atoms with Gasteiger partial charge in [-0.15, -0.1) is 0 Å². The summed E-state index contributed by atoms with van der Waals surface area (Å²) >= 11 is 0.757. The predicted octanol–water partition coefficient (Wildman–Crippen LogP) is 3.38. The Morgan fingerprint density at radius 3 is 2.26 bits per heavy atom. The van der Waals surface area contributed by atoms with Crippen molar-refractivity contribution in [3.63, 3.8) is 0 Å². The maximum Gasteiger partial charge on any atom is 0.283 e. The van der Waals surface area contributed by atoms with Crippen molar-refractivity contribution >= 4 is 49.9 Å². The second-order valence-electron chi connectivity index (χ2n) is 7.77. The molecule has 2 aromatic rings. The van der Waals surface area contributed by atoms with Crippen molar-refractivity contribution in [2.75, 3.05) is 19.5 Å². The summed E-state index contributed by atoms with van der Waals surface area (Å²) in [6, 6.07) is 13.0. The van der Waals surface area contributed by atoms with Crippen molar-refractivity contribution in [1.29, 1.82) is 5.41 Å². The van der Waals surface area contributed by atoms with E-state index in [-0.39, 0.29) is 21.7 Å². The number of fused-ring (bicyclic) bond motifs is 1. The molecule has 2 heterocycles. The van der Waals surface area contributed by atoms with Gasteiger partial charge >= 0.3 is 0 Å². The molecule has 2 aliphatic heterocycles. The number of carbonyl (C=O) groups is 1. The molecule has 11 heteroatoms. The first-order valence-electron chi connectivity index (χ1n) is 10.2. The topological polar surface area (TPSA) is 121 Å². The number of rotatable bonds is 6. The highest BCUT2D eigenvalue weighted by molar-refractivity contribution is 8.16. The lowest BCUT2D eigenvalue weighted by Crippen LogP contribution is -2.45. The number of amidine groups is 3. The van der Waals surface area contributed by atoms with E-state index in [4.69, 9.17) is 14.9 Å². The molecule has 0 bridgehead atoms. The van der Waals surface area contributed by atoms with Gasteiger partial charge in [0.1, 0.15) is 30.5 Å². The number of aliphatic imine (C=N–C) groups is 1. The van der Waals surface area contributed by atoms with E-state index in [1.54, 1.807) is 24.3 Å². The van der Waals surface area contributed by atoms with E-state index in [0.717, 1.165) is 40.0 Å². The minimum Gasteiger partial charge on any atom is -0.490 e. The van der Waals surface area contributed by atoms with E-state index in [9.17, 15) is 13.2 Å².